The number of fused-ring (bicyclic) bond motifs is 2. The Hall–Kier alpha value is -2.22. The van der Waals surface area contributed by atoms with E-state index in [4.69, 9.17) is 0 Å². The number of rotatable bonds is 2. The highest BCUT2D eigenvalue weighted by molar-refractivity contribution is 7.89. The summed E-state index contributed by atoms with van der Waals surface area (Å²) in [5.41, 5.74) is 3.44. The summed E-state index contributed by atoms with van der Waals surface area (Å²) in [6, 6.07) is 10.2. The molecule has 0 atom stereocenters. The molecule has 0 amide bonds. The second kappa shape index (κ2) is 5.39. The summed E-state index contributed by atoms with van der Waals surface area (Å²) < 4.78 is 40.7. The number of sulfonamides is 1. The van der Waals surface area contributed by atoms with Crippen molar-refractivity contribution in [1.29, 1.82) is 0 Å². The first-order chi connectivity index (χ1) is 12.4. The average molecular weight is 371 g/mol. The molecule has 1 saturated heterocycles. The summed E-state index contributed by atoms with van der Waals surface area (Å²) >= 11 is 0. The van der Waals surface area contributed by atoms with E-state index in [-0.39, 0.29) is 11.9 Å². The van der Waals surface area contributed by atoms with Gasteiger partial charge in [-0.25, -0.2) is 12.8 Å². The van der Waals surface area contributed by atoms with Gasteiger partial charge in [-0.05, 0) is 48.5 Å². The van der Waals surface area contributed by atoms with Crippen LogP contribution in [0.1, 0.15) is 5.56 Å². The van der Waals surface area contributed by atoms with Gasteiger partial charge < -0.3 is 9.88 Å². The van der Waals surface area contributed by atoms with Crippen molar-refractivity contribution < 1.29 is 12.8 Å². The van der Waals surface area contributed by atoms with E-state index in [1.54, 1.807) is 16.4 Å². The maximum atomic E-state index is 13.4. The highest BCUT2D eigenvalue weighted by Crippen LogP contribution is 2.37. The average Bonchev–Trinajstić information content (AvgIpc) is 3.10. The number of aromatic nitrogens is 1. The summed E-state index contributed by atoms with van der Waals surface area (Å²) in [6.07, 6.45) is 1.84. The first kappa shape index (κ1) is 16.0. The molecule has 26 heavy (non-hydrogen) atoms. The molecule has 1 N–H and O–H groups in total. The number of nitrogens with zero attached hydrogens (tertiary/aromatic N) is 2. The van der Waals surface area contributed by atoms with Gasteiger partial charge in [0.1, 0.15) is 5.82 Å². The molecule has 0 aliphatic carbocycles. The van der Waals surface area contributed by atoms with E-state index in [9.17, 15) is 12.8 Å². The monoisotopic (exact) mass is 371 g/mol. The van der Waals surface area contributed by atoms with Crippen LogP contribution in [0.4, 0.5) is 4.39 Å². The summed E-state index contributed by atoms with van der Waals surface area (Å²) in [5.74, 6) is -0.285. The van der Waals surface area contributed by atoms with E-state index in [2.05, 4.69) is 9.88 Å². The molecule has 3 heterocycles. The molecule has 0 unspecified atom stereocenters. The van der Waals surface area contributed by atoms with E-state index in [1.807, 2.05) is 25.4 Å². The third-order valence-corrected chi connectivity index (χ3v) is 7.38. The van der Waals surface area contributed by atoms with Gasteiger partial charge in [0.25, 0.3) is 0 Å². The molecular formula is C19H18FN3O2S. The topological polar surface area (TPSA) is 56.4 Å². The molecule has 7 heteroatoms. The Morgan fingerprint density at radius 2 is 1.96 bits per heavy atom. The number of benzene rings is 2. The molecule has 2 aliphatic heterocycles. The van der Waals surface area contributed by atoms with Crippen molar-refractivity contribution in [3.05, 3.63) is 54.0 Å². The minimum atomic E-state index is -3.41. The Kier molecular flexibility index (Phi) is 3.31. The van der Waals surface area contributed by atoms with Crippen LogP contribution in [-0.2, 0) is 16.6 Å². The molecule has 1 fully saturated rings. The molecule has 0 saturated carbocycles. The molecule has 0 spiro atoms. The van der Waals surface area contributed by atoms with Crippen LogP contribution in [-0.4, -0.2) is 48.8 Å². The van der Waals surface area contributed by atoms with Crippen LogP contribution < -0.4 is 0 Å². The Morgan fingerprint density at radius 3 is 2.73 bits per heavy atom. The van der Waals surface area contributed by atoms with E-state index in [0.29, 0.717) is 11.4 Å². The van der Waals surface area contributed by atoms with E-state index < -0.39 is 10.0 Å². The summed E-state index contributed by atoms with van der Waals surface area (Å²) in [6.45, 7) is 1.96. The third-order valence-electron chi connectivity index (χ3n) is 5.38. The highest BCUT2D eigenvalue weighted by Gasteiger charge is 2.42. The zero-order valence-electron chi connectivity index (χ0n) is 14.2. The molecule has 5 nitrogen and oxygen atoms in total. The van der Waals surface area contributed by atoms with Gasteiger partial charge in [0.2, 0.25) is 10.0 Å². The normalized spacial score (nSPS) is 20.4. The van der Waals surface area contributed by atoms with E-state index in [1.165, 1.54) is 12.1 Å². The SMILES string of the molecule is CN1CC(N2Cc3cc(-c4c[nH]c5cc(F)ccc45)ccc3S2(=O)=O)C1. The van der Waals surface area contributed by atoms with Crippen LogP contribution in [0, 0.1) is 5.82 Å². The Morgan fingerprint density at radius 1 is 1.15 bits per heavy atom. The van der Waals surface area contributed by atoms with E-state index in [0.717, 1.165) is 40.7 Å². The number of likely N-dealkylation sites (N-methyl/N-ethyl adjacent to an activating group) is 1. The molecule has 5 rings (SSSR count). The molecule has 134 valence electrons. The largest absolute Gasteiger partial charge is 0.360 e. The summed E-state index contributed by atoms with van der Waals surface area (Å²) in [5, 5.41) is 0.921. The van der Waals surface area contributed by atoms with Crippen LogP contribution in [0.2, 0.25) is 0 Å². The van der Waals surface area contributed by atoms with Gasteiger partial charge in [-0.2, -0.15) is 4.31 Å². The minimum Gasteiger partial charge on any atom is -0.360 e. The summed E-state index contributed by atoms with van der Waals surface area (Å²) in [7, 11) is -1.42. The van der Waals surface area contributed by atoms with Gasteiger partial charge in [0, 0.05) is 42.3 Å². The number of hydrogen-bond donors (Lipinski definition) is 1. The van der Waals surface area contributed by atoms with Crippen LogP contribution in [0.5, 0.6) is 0 Å². The second-order valence-electron chi connectivity index (χ2n) is 7.14. The quantitative estimate of drug-likeness (QED) is 0.754. The first-order valence-corrected chi connectivity index (χ1v) is 9.98. The van der Waals surface area contributed by atoms with Crippen LogP contribution in [0.15, 0.2) is 47.5 Å². The maximum absolute atomic E-state index is 13.4. The Balaban J connectivity index is 1.56. The lowest BCUT2D eigenvalue weighted by Crippen LogP contribution is -2.57. The van der Waals surface area contributed by atoms with Crippen molar-refractivity contribution in [2.24, 2.45) is 0 Å². The maximum Gasteiger partial charge on any atom is 0.244 e. The van der Waals surface area contributed by atoms with Crippen LogP contribution in [0.3, 0.4) is 0 Å². The minimum absolute atomic E-state index is 0.0527. The number of nitrogens with one attached hydrogen (secondary N) is 1. The molecule has 3 aromatic rings. The molecule has 2 aromatic carbocycles. The number of likely N-dealkylation sites (tertiary alicyclic amines) is 1. The number of aromatic amines is 1. The van der Waals surface area contributed by atoms with Gasteiger partial charge in [0.15, 0.2) is 0 Å². The number of H-pyrrole nitrogens is 1. The Labute approximate surface area is 151 Å². The van der Waals surface area contributed by atoms with Crippen LogP contribution >= 0.6 is 0 Å². The Bertz CT molecular complexity index is 1130. The zero-order valence-corrected chi connectivity index (χ0v) is 15.1. The summed E-state index contributed by atoms with van der Waals surface area (Å²) in [4.78, 5) is 5.60. The molecule has 1 aromatic heterocycles. The number of halogens is 1. The van der Waals surface area contributed by atoms with Crippen molar-refractivity contribution in [3.63, 3.8) is 0 Å². The van der Waals surface area contributed by atoms with Gasteiger partial charge >= 0.3 is 0 Å². The fourth-order valence-electron chi connectivity index (χ4n) is 4.01. The van der Waals surface area contributed by atoms with Gasteiger partial charge in [0.05, 0.1) is 10.9 Å². The van der Waals surface area contributed by atoms with Gasteiger partial charge in [-0.15, -0.1) is 0 Å². The predicted octanol–water partition coefficient (Wildman–Crippen LogP) is 2.79. The fourth-order valence-corrected chi connectivity index (χ4v) is 5.79. The van der Waals surface area contributed by atoms with Gasteiger partial charge in [-0.3, -0.25) is 0 Å². The van der Waals surface area contributed by atoms with Crippen molar-refractivity contribution in [2.45, 2.75) is 17.5 Å². The lowest BCUT2D eigenvalue weighted by molar-refractivity contribution is 0.105. The number of hydrogen-bond acceptors (Lipinski definition) is 3. The molecule has 2 aliphatic rings. The fraction of sp³-hybridized carbons (Fsp3) is 0.263. The van der Waals surface area contributed by atoms with Gasteiger partial charge in [-0.1, -0.05) is 6.07 Å². The highest BCUT2D eigenvalue weighted by atomic mass is 32.2. The third kappa shape index (κ3) is 2.24. The zero-order chi connectivity index (χ0) is 18.1. The van der Waals surface area contributed by atoms with Crippen molar-refractivity contribution in [3.8, 4) is 11.1 Å². The molecular weight excluding hydrogens is 353 g/mol. The van der Waals surface area contributed by atoms with Crippen molar-refractivity contribution >= 4 is 20.9 Å². The standard InChI is InChI=1S/C19H18FN3O2S/c1-22-10-15(11-22)23-9-13-6-12(2-5-19(13)26(23,24)25)17-8-21-18-7-14(20)3-4-16(17)18/h2-8,15,21H,9-11H2,1H3. The first-order valence-electron chi connectivity index (χ1n) is 8.54. The molecule has 0 bridgehead atoms. The molecule has 0 radical (unpaired) electrons. The smallest absolute Gasteiger partial charge is 0.244 e. The van der Waals surface area contributed by atoms with Crippen LogP contribution in [0.25, 0.3) is 22.0 Å². The lowest BCUT2D eigenvalue weighted by atomic mass is 10.0. The van der Waals surface area contributed by atoms with Crippen molar-refractivity contribution in [1.82, 2.24) is 14.2 Å². The van der Waals surface area contributed by atoms with Crippen molar-refractivity contribution in [2.75, 3.05) is 20.1 Å². The second-order valence-corrected chi connectivity index (χ2v) is 9.00. The predicted molar refractivity (Wildman–Crippen MR) is 97.7 cm³/mol. The lowest BCUT2D eigenvalue weighted by Gasteiger charge is -2.40. The van der Waals surface area contributed by atoms with E-state index >= 15 is 0 Å².